The first-order chi connectivity index (χ1) is 9.35. The largest absolute Gasteiger partial charge is 0.349 e. The minimum absolute atomic E-state index is 0.0449. The Balaban J connectivity index is 2.37. The molecule has 0 aromatic heterocycles. The summed E-state index contributed by atoms with van der Waals surface area (Å²) in [6.07, 6.45) is 0.832. The first-order valence-corrected chi connectivity index (χ1v) is 7.07. The van der Waals surface area contributed by atoms with Gasteiger partial charge in [-0.2, -0.15) is 0 Å². The Bertz CT molecular complexity index is 532. The second-order valence-electron chi connectivity index (χ2n) is 6.23. The number of hydrogen-bond acceptors (Lipinski definition) is 2. The fourth-order valence-electron chi connectivity index (χ4n) is 2.56. The predicted molar refractivity (Wildman–Crippen MR) is 78.4 cm³/mol. The molecule has 1 aromatic rings. The van der Waals surface area contributed by atoms with E-state index in [1.54, 1.807) is 11.0 Å². The van der Waals surface area contributed by atoms with Crippen LogP contribution in [0, 0.1) is 0 Å². The summed E-state index contributed by atoms with van der Waals surface area (Å²) in [5.74, 6) is -0.152. The van der Waals surface area contributed by atoms with Crippen LogP contribution in [0.1, 0.15) is 56.1 Å². The number of benzene rings is 1. The summed E-state index contributed by atoms with van der Waals surface area (Å²) in [4.78, 5) is 26.6. The van der Waals surface area contributed by atoms with E-state index in [1.807, 2.05) is 45.9 Å². The van der Waals surface area contributed by atoms with E-state index >= 15 is 0 Å². The van der Waals surface area contributed by atoms with Gasteiger partial charge < -0.3 is 10.2 Å². The van der Waals surface area contributed by atoms with Gasteiger partial charge in [0, 0.05) is 17.6 Å². The quantitative estimate of drug-likeness (QED) is 0.920. The molecule has 0 spiro atoms. The topological polar surface area (TPSA) is 49.4 Å². The lowest BCUT2D eigenvalue weighted by atomic mass is 10.0. The SMILES string of the molecule is CCCN1C(=O)c2ccccc2C1C(=O)NC(C)(C)C. The zero-order valence-corrected chi connectivity index (χ0v) is 12.6. The molecule has 0 saturated heterocycles. The minimum atomic E-state index is -0.502. The van der Waals surface area contributed by atoms with E-state index in [2.05, 4.69) is 5.32 Å². The summed E-state index contributed by atoms with van der Waals surface area (Å²) in [5, 5.41) is 2.98. The van der Waals surface area contributed by atoms with Gasteiger partial charge in [0.25, 0.3) is 5.91 Å². The standard InChI is InChI=1S/C16H22N2O2/c1-5-10-18-13(14(19)17-16(2,3)4)11-8-6-7-9-12(11)15(18)20/h6-9,13H,5,10H2,1-4H3,(H,17,19). The Morgan fingerprint density at radius 3 is 2.55 bits per heavy atom. The average molecular weight is 274 g/mol. The van der Waals surface area contributed by atoms with Gasteiger partial charge in [-0.1, -0.05) is 25.1 Å². The Hall–Kier alpha value is -1.84. The first kappa shape index (κ1) is 14.6. The highest BCUT2D eigenvalue weighted by Gasteiger charge is 2.40. The van der Waals surface area contributed by atoms with Gasteiger partial charge in [-0.3, -0.25) is 9.59 Å². The second kappa shape index (κ2) is 5.27. The third-order valence-corrected chi connectivity index (χ3v) is 3.27. The van der Waals surface area contributed by atoms with Crippen LogP contribution < -0.4 is 5.32 Å². The van der Waals surface area contributed by atoms with E-state index in [9.17, 15) is 9.59 Å². The third kappa shape index (κ3) is 2.69. The molecular formula is C16H22N2O2. The molecule has 4 heteroatoms. The number of fused-ring (bicyclic) bond motifs is 1. The van der Waals surface area contributed by atoms with Crippen molar-refractivity contribution >= 4 is 11.8 Å². The molecule has 4 nitrogen and oxygen atoms in total. The summed E-state index contributed by atoms with van der Waals surface area (Å²) in [6.45, 7) is 8.43. The summed E-state index contributed by atoms with van der Waals surface area (Å²) >= 11 is 0. The molecule has 20 heavy (non-hydrogen) atoms. The average Bonchev–Trinajstić information content (AvgIpc) is 2.62. The highest BCUT2D eigenvalue weighted by Crippen LogP contribution is 2.34. The van der Waals surface area contributed by atoms with E-state index < -0.39 is 6.04 Å². The van der Waals surface area contributed by atoms with Crippen LogP contribution in [0.25, 0.3) is 0 Å². The highest BCUT2D eigenvalue weighted by molar-refractivity contribution is 6.04. The Morgan fingerprint density at radius 2 is 1.95 bits per heavy atom. The van der Waals surface area contributed by atoms with Gasteiger partial charge in [0.05, 0.1) is 0 Å². The van der Waals surface area contributed by atoms with Crippen molar-refractivity contribution < 1.29 is 9.59 Å². The van der Waals surface area contributed by atoms with Crippen LogP contribution in [-0.2, 0) is 4.79 Å². The van der Waals surface area contributed by atoms with Crippen molar-refractivity contribution in [1.29, 1.82) is 0 Å². The molecule has 0 saturated carbocycles. The van der Waals surface area contributed by atoms with Gasteiger partial charge in [0.15, 0.2) is 0 Å². The van der Waals surface area contributed by atoms with Crippen LogP contribution in [0.15, 0.2) is 24.3 Å². The maximum Gasteiger partial charge on any atom is 0.255 e. The summed E-state index contributed by atoms with van der Waals surface area (Å²) < 4.78 is 0. The van der Waals surface area contributed by atoms with Crippen molar-refractivity contribution in [1.82, 2.24) is 10.2 Å². The van der Waals surface area contributed by atoms with Crippen molar-refractivity contribution in [2.24, 2.45) is 0 Å². The van der Waals surface area contributed by atoms with Crippen LogP contribution in [0.2, 0.25) is 0 Å². The monoisotopic (exact) mass is 274 g/mol. The van der Waals surface area contributed by atoms with Crippen LogP contribution >= 0.6 is 0 Å². The van der Waals surface area contributed by atoms with Crippen LogP contribution in [0.3, 0.4) is 0 Å². The molecule has 0 aliphatic carbocycles. The molecule has 0 radical (unpaired) electrons. The molecule has 2 rings (SSSR count). The maximum absolute atomic E-state index is 12.5. The maximum atomic E-state index is 12.5. The molecular weight excluding hydrogens is 252 g/mol. The van der Waals surface area contributed by atoms with E-state index in [1.165, 1.54) is 0 Å². The van der Waals surface area contributed by atoms with Crippen molar-refractivity contribution in [2.45, 2.75) is 45.7 Å². The lowest BCUT2D eigenvalue weighted by molar-refractivity contribution is -0.127. The number of carbonyl (C=O) groups excluding carboxylic acids is 2. The van der Waals surface area contributed by atoms with E-state index in [0.717, 1.165) is 12.0 Å². The molecule has 1 aliphatic rings. The van der Waals surface area contributed by atoms with Gasteiger partial charge in [-0.25, -0.2) is 0 Å². The molecule has 1 aromatic carbocycles. The summed E-state index contributed by atoms with van der Waals surface area (Å²) in [5.41, 5.74) is 1.15. The molecule has 1 heterocycles. The molecule has 2 amide bonds. The number of hydrogen-bond donors (Lipinski definition) is 1. The molecule has 1 aliphatic heterocycles. The normalized spacial score (nSPS) is 18.1. The number of nitrogens with zero attached hydrogens (tertiary/aromatic N) is 1. The Morgan fingerprint density at radius 1 is 1.30 bits per heavy atom. The smallest absolute Gasteiger partial charge is 0.255 e. The molecule has 0 fully saturated rings. The Labute approximate surface area is 120 Å². The summed E-state index contributed by atoms with van der Waals surface area (Å²) in [6, 6.07) is 6.88. The number of amides is 2. The predicted octanol–water partition coefficient (Wildman–Crippen LogP) is 2.51. The van der Waals surface area contributed by atoms with Crippen LogP contribution in [0.4, 0.5) is 0 Å². The van der Waals surface area contributed by atoms with Crippen molar-refractivity contribution in [3.8, 4) is 0 Å². The number of nitrogens with one attached hydrogen (secondary N) is 1. The fraction of sp³-hybridized carbons (Fsp3) is 0.500. The molecule has 0 bridgehead atoms. The van der Waals surface area contributed by atoms with Crippen molar-refractivity contribution in [3.05, 3.63) is 35.4 Å². The van der Waals surface area contributed by atoms with Gasteiger partial charge in [-0.05, 0) is 38.8 Å². The first-order valence-electron chi connectivity index (χ1n) is 7.07. The molecule has 1 unspecified atom stereocenters. The highest BCUT2D eigenvalue weighted by atomic mass is 16.2. The number of rotatable bonds is 3. The van der Waals surface area contributed by atoms with Crippen LogP contribution in [-0.4, -0.2) is 28.8 Å². The number of carbonyl (C=O) groups is 2. The lowest BCUT2D eigenvalue weighted by Gasteiger charge is -2.28. The summed E-state index contributed by atoms with van der Waals surface area (Å²) in [7, 11) is 0. The van der Waals surface area contributed by atoms with Crippen molar-refractivity contribution in [3.63, 3.8) is 0 Å². The minimum Gasteiger partial charge on any atom is -0.349 e. The zero-order valence-electron chi connectivity index (χ0n) is 12.6. The van der Waals surface area contributed by atoms with Crippen molar-refractivity contribution in [2.75, 3.05) is 6.54 Å². The van der Waals surface area contributed by atoms with Crippen LogP contribution in [0.5, 0.6) is 0 Å². The van der Waals surface area contributed by atoms with Gasteiger partial charge in [-0.15, -0.1) is 0 Å². The van der Waals surface area contributed by atoms with E-state index in [4.69, 9.17) is 0 Å². The Kier molecular flexibility index (Phi) is 3.84. The third-order valence-electron chi connectivity index (χ3n) is 3.27. The molecule has 108 valence electrons. The zero-order chi connectivity index (χ0) is 14.9. The second-order valence-corrected chi connectivity index (χ2v) is 6.23. The lowest BCUT2D eigenvalue weighted by Crippen LogP contribution is -2.47. The molecule has 1 N–H and O–H groups in total. The van der Waals surface area contributed by atoms with E-state index in [0.29, 0.717) is 12.1 Å². The molecule has 1 atom stereocenters. The van der Waals surface area contributed by atoms with Gasteiger partial charge in [0.1, 0.15) is 6.04 Å². The van der Waals surface area contributed by atoms with Gasteiger partial charge >= 0.3 is 0 Å². The van der Waals surface area contributed by atoms with Gasteiger partial charge in [0.2, 0.25) is 5.91 Å². The fourth-order valence-corrected chi connectivity index (χ4v) is 2.56. The van der Waals surface area contributed by atoms with E-state index in [-0.39, 0.29) is 17.4 Å².